The SMILES string of the molecule is COCCN(CCBr)S(=O)(=O)c1ccc(F)cc1F. The van der Waals surface area contributed by atoms with E-state index in [4.69, 9.17) is 4.74 Å². The molecule has 0 bridgehead atoms. The molecule has 108 valence electrons. The molecule has 0 spiro atoms. The number of sulfonamides is 1. The highest BCUT2D eigenvalue weighted by Gasteiger charge is 2.27. The van der Waals surface area contributed by atoms with Crippen LogP contribution in [-0.2, 0) is 14.8 Å². The van der Waals surface area contributed by atoms with E-state index < -0.39 is 26.6 Å². The quantitative estimate of drug-likeness (QED) is 0.701. The number of halogens is 3. The third-order valence-corrected chi connectivity index (χ3v) is 4.68. The Morgan fingerprint density at radius 1 is 1.32 bits per heavy atom. The molecular weight excluding hydrogens is 344 g/mol. The first-order valence-corrected chi connectivity index (χ1v) is 7.99. The summed E-state index contributed by atoms with van der Waals surface area (Å²) in [5.41, 5.74) is 0. The fraction of sp³-hybridized carbons (Fsp3) is 0.455. The Labute approximate surface area is 119 Å². The van der Waals surface area contributed by atoms with Crippen LogP contribution in [0.3, 0.4) is 0 Å². The van der Waals surface area contributed by atoms with Gasteiger partial charge in [0.25, 0.3) is 0 Å². The largest absolute Gasteiger partial charge is 0.383 e. The van der Waals surface area contributed by atoms with Gasteiger partial charge in [0.1, 0.15) is 16.5 Å². The van der Waals surface area contributed by atoms with Crippen molar-refractivity contribution in [2.75, 3.05) is 32.1 Å². The summed E-state index contributed by atoms with van der Waals surface area (Å²) in [6.45, 7) is 0.457. The van der Waals surface area contributed by atoms with E-state index in [2.05, 4.69) is 15.9 Å². The third-order valence-electron chi connectivity index (χ3n) is 2.39. The summed E-state index contributed by atoms with van der Waals surface area (Å²) in [6.07, 6.45) is 0. The zero-order valence-corrected chi connectivity index (χ0v) is 12.7. The molecule has 0 fully saturated rings. The summed E-state index contributed by atoms with van der Waals surface area (Å²) in [5, 5.41) is 0.402. The molecule has 1 aromatic rings. The van der Waals surface area contributed by atoms with E-state index >= 15 is 0 Å². The molecule has 0 aliphatic carbocycles. The van der Waals surface area contributed by atoms with Crippen LogP contribution in [0, 0.1) is 11.6 Å². The highest BCUT2D eigenvalue weighted by molar-refractivity contribution is 9.09. The van der Waals surface area contributed by atoms with Crippen LogP contribution < -0.4 is 0 Å². The second-order valence-electron chi connectivity index (χ2n) is 3.66. The monoisotopic (exact) mass is 357 g/mol. The summed E-state index contributed by atoms with van der Waals surface area (Å²) in [6, 6.07) is 2.39. The highest BCUT2D eigenvalue weighted by atomic mass is 79.9. The molecule has 0 heterocycles. The van der Waals surface area contributed by atoms with Crippen LogP contribution in [-0.4, -0.2) is 44.9 Å². The molecule has 4 nitrogen and oxygen atoms in total. The van der Waals surface area contributed by atoms with Crippen molar-refractivity contribution in [1.29, 1.82) is 0 Å². The van der Waals surface area contributed by atoms with Crippen molar-refractivity contribution in [3.63, 3.8) is 0 Å². The van der Waals surface area contributed by atoms with E-state index in [0.29, 0.717) is 11.4 Å². The molecule has 0 saturated heterocycles. The molecule has 1 aromatic carbocycles. The fourth-order valence-corrected chi connectivity index (χ4v) is 3.60. The topological polar surface area (TPSA) is 46.6 Å². The average molecular weight is 358 g/mol. The first kappa shape index (κ1) is 16.5. The lowest BCUT2D eigenvalue weighted by Crippen LogP contribution is -2.35. The minimum absolute atomic E-state index is 0.0985. The van der Waals surface area contributed by atoms with Crippen LogP contribution in [0.25, 0.3) is 0 Å². The van der Waals surface area contributed by atoms with Crippen LogP contribution in [0.4, 0.5) is 8.78 Å². The van der Waals surface area contributed by atoms with E-state index in [9.17, 15) is 17.2 Å². The molecular formula is C11H14BrF2NO3S. The zero-order chi connectivity index (χ0) is 14.5. The van der Waals surface area contributed by atoms with Gasteiger partial charge in [-0.05, 0) is 12.1 Å². The minimum Gasteiger partial charge on any atom is -0.383 e. The molecule has 0 radical (unpaired) electrons. The molecule has 19 heavy (non-hydrogen) atoms. The number of hydrogen-bond donors (Lipinski definition) is 0. The predicted octanol–water partition coefficient (Wildman–Crippen LogP) is 2.00. The highest BCUT2D eigenvalue weighted by Crippen LogP contribution is 2.20. The van der Waals surface area contributed by atoms with Gasteiger partial charge in [-0.1, -0.05) is 15.9 Å². The van der Waals surface area contributed by atoms with E-state index in [1.165, 1.54) is 7.11 Å². The molecule has 0 aliphatic rings. The van der Waals surface area contributed by atoms with Crippen LogP contribution in [0.15, 0.2) is 23.1 Å². The Hall–Kier alpha value is -0.570. The number of methoxy groups -OCH3 is 1. The molecule has 0 aromatic heterocycles. The van der Waals surface area contributed by atoms with Crippen molar-refractivity contribution < 1.29 is 21.9 Å². The molecule has 8 heteroatoms. The van der Waals surface area contributed by atoms with E-state index in [0.717, 1.165) is 16.4 Å². The summed E-state index contributed by atoms with van der Waals surface area (Å²) in [5.74, 6) is -1.92. The van der Waals surface area contributed by atoms with Gasteiger partial charge in [0, 0.05) is 31.6 Å². The molecule has 0 unspecified atom stereocenters. The first-order chi connectivity index (χ1) is 8.93. The van der Waals surface area contributed by atoms with Gasteiger partial charge in [0.15, 0.2) is 0 Å². The van der Waals surface area contributed by atoms with Gasteiger partial charge in [0.2, 0.25) is 10.0 Å². The second kappa shape index (κ2) is 7.28. The van der Waals surface area contributed by atoms with Crippen LogP contribution in [0.2, 0.25) is 0 Å². The number of hydrogen-bond acceptors (Lipinski definition) is 3. The van der Waals surface area contributed by atoms with Crippen molar-refractivity contribution in [2.45, 2.75) is 4.90 Å². The maximum absolute atomic E-state index is 13.6. The van der Waals surface area contributed by atoms with Crippen molar-refractivity contribution in [3.05, 3.63) is 29.8 Å². The van der Waals surface area contributed by atoms with E-state index in [1.807, 2.05) is 0 Å². The minimum atomic E-state index is -4.00. The van der Waals surface area contributed by atoms with Crippen molar-refractivity contribution >= 4 is 26.0 Å². The Morgan fingerprint density at radius 2 is 2.00 bits per heavy atom. The van der Waals surface area contributed by atoms with Crippen molar-refractivity contribution in [1.82, 2.24) is 4.31 Å². The molecule has 0 N–H and O–H groups in total. The van der Waals surface area contributed by atoms with Gasteiger partial charge in [-0.3, -0.25) is 0 Å². The number of benzene rings is 1. The summed E-state index contributed by atoms with van der Waals surface area (Å²) in [4.78, 5) is -0.536. The number of rotatable bonds is 7. The van der Waals surface area contributed by atoms with Gasteiger partial charge < -0.3 is 4.74 Å². The molecule has 0 atom stereocenters. The summed E-state index contributed by atoms with van der Waals surface area (Å²) in [7, 11) is -2.56. The Balaban J connectivity index is 3.11. The van der Waals surface area contributed by atoms with Gasteiger partial charge in [0.05, 0.1) is 6.61 Å². The lowest BCUT2D eigenvalue weighted by molar-refractivity contribution is 0.180. The molecule has 0 saturated carbocycles. The van der Waals surface area contributed by atoms with Gasteiger partial charge >= 0.3 is 0 Å². The van der Waals surface area contributed by atoms with Crippen LogP contribution in [0.1, 0.15) is 0 Å². The van der Waals surface area contributed by atoms with Gasteiger partial charge in [-0.25, -0.2) is 17.2 Å². The second-order valence-corrected chi connectivity index (χ2v) is 6.36. The van der Waals surface area contributed by atoms with Crippen LogP contribution >= 0.6 is 15.9 Å². The smallest absolute Gasteiger partial charge is 0.246 e. The number of alkyl halides is 1. The molecule has 0 aliphatic heterocycles. The lowest BCUT2D eigenvalue weighted by Gasteiger charge is -2.21. The average Bonchev–Trinajstić information content (AvgIpc) is 2.33. The van der Waals surface area contributed by atoms with Crippen molar-refractivity contribution in [2.24, 2.45) is 0 Å². The third kappa shape index (κ3) is 4.20. The zero-order valence-electron chi connectivity index (χ0n) is 10.3. The Morgan fingerprint density at radius 3 is 2.53 bits per heavy atom. The maximum atomic E-state index is 13.6. The number of ether oxygens (including phenoxy) is 1. The predicted molar refractivity (Wildman–Crippen MR) is 70.8 cm³/mol. The van der Waals surface area contributed by atoms with E-state index in [1.54, 1.807) is 0 Å². The maximum Gasteiger partial charge on any atom is 0.246 e. The first-order valence-electron chi connectivity index (χ1n) is 5.43. The van der Waals surface area contributed by atoms with E-state index in [-0.39, 0.29) is 19.7 Å². The molecule has 1 rings (SSSR count). The summed E-state index contributed by atoms with van der Waals surface area (Å²) < 4.78 is 56.8. The normalized spacial score (nSPS) is 12.1. The lowest BCUT2D eigenvalue weighted by atomic mass is 10.3. The Bertz CT molecular complexity index is 525. The Kier molecular flexibility index (Phi) is 6.31. The molecule has 0 amide bonds. The van der Waals surface area contributed by atoms with Crippen LogP contribution in [0.5, 0.6) is 0 Å². The van der Waals surface area contributed by atoms with Crippen molar-refractivity contribution in [3.8, 4) is 0 Å². The van der Waals surface area contributed by atoms with Gasteiger partial charge in [-0.2, -0.15) is 4.31 Å². The number of nitrogens with zero attached hydrogens (tertiary/aromatic N) is 1. The fourth-order valence-electron chi connectivity index (χ4n) is 1.46. The standard InChI is InChI=1S/C11H14BrF2NO3S/c1-18-7-6-15(5-4-12)19(16,17)11-3-2-9(13)8-10(11)14/h2-3,8H,4-7H2,1H3. The summed E-state index contributed by atoms with van der Waals surface area (Å²) >= 11 is 3.14. The van der Waals surface area contributed by atoms with Gasteiger partial charge in [-0.15, -0.1) is 0 Å².